The van der Waals surface area contributed by atoms with Gasteiger partial charge in [-0.2, -0.15) is 0 Å². The molecule has 134 valence electrons. The average Bonchev–Trinajstić information content (AvgIpc) is 2.73. The van der Waals surface area contributed by atoms with Crippen LogP contribution in [-0.2, 0) is 4.74 Å². The standard InChI is InChI=1S/C19H30N2O3/c1-5-23-17-10-8-16(9-11-17)20-15-7-6-13-21(14-12-15)18(22)24-19(2,3)4/h8-11,15,20H,5-7,12-14H2,1-4H3. The van der Waals surface area contributed by atoms with Crippen molar-refractivity contribution >= 4 is 11.8 Å². The Labute approximate surface area is 145 Å². The van der Waals surface area contributed by atoms with Gasteiger partial charge in [-0.25, -0.2) is 4.79 Å². The maximum atomic E-state index is 12.2. The second-order valence-electron chi connectivity index (χ2n) is 7.20. The van der Waals surface area contributed by atoms with E-state index >= 15 is 0 Å². The van der Waals surface area contributed by atoms with Gasteiger partial charge in [0.2, 0.25) is 0 Å². The Balaban J connectivity index is 1.85. The van der Waals surface area contributed by atoms with E-state index in [1.165, 1.54) is 0 Å². The van der Waals surface area contributed by atoms with Crippen LogP contribution in [0, 0.1) is 0 Å². The quantitative estimate of drug-likeness (QED) is 0.892. The van der Waals surface area contributed by atoms with Gasteiger partial charge in [-0.15, -0.1) is 0 Å². The lowest BCUT2D eigenvalue weighted by atomic mass is 10.1. The van der Waals surface area contributed by atoms with E-state index in [1.807, 2.05) is 56.9 Å². The van der Waals surface area contributed by atoms with Crippen molar-refractivity contribution in [2.45, 2.75) is 58.6 Å². The number of likely N-dealkylation sites (tertiary alicyclic amines) is 1. The molecule has 2 rings (SSSR count). The maximum absolute atomic E-state index is 12.2. The third-order valence-electron chi connectivity index (χ3n) is 3.92. The molecular formula is C19H30N2O3. The average molecular weight is 334 g/mol. The number of anilines is 1. The van der Waals surface area contributed by atoms with Gasteiger partial charge in [-0.1, -0.05) is 0 Å². The molecule has 1 amide bonds. The second-order valence-corrected chi connectivity index (χ2v) is 7.20. The Morgan fingerprint density at radius 3 is 2.54 bits per heavy atom. The normalized spacial score (nSPS) is 18.7. The molecule has 1 N–H and O–H groups in total. The Kier molecular flexibility index (Phi) is 6.35. The van der Waals surface area contributed by atoms with Crippen molar-refractivity contribution in [2.24, 2.45) is 0 Å². The molecule has 5 nitrogen and oxygen atoms in total. The smallest absolute Gasteiger partial charge is 0.410 e. The fourth-order valence-corrected chi connectivity index (χ4v) is 2.80. The number of benzene rings is 1. The molecule has 1 aromatic rings. The summed E-state index contributed by atoms with van der Waals surface area (Å²) in [6.07, 6.45) is 2.75. The minimum Gasteiger partial charge on any atom is -0.494 e. The minimum atomic E-state index is -0.441. The van der Waals surface area contributed by atoms with E-state index in [1.54, 1.807) is 0 Å². The van der Waals surface area contributed by atoms with E-state index in [-0.39, 0.29) is 6.09 Å². The van der Waals surface area contributed by atoms with Crippen molar-refractivity contribution in [3.63, 3.8) is 0 Å². The van der Waals surface area contributed by atoms with E-state index in [0.29, 0.717) is 12.6 Å². The number of hydrogen-bond donors (Lipinski definition) is 1. The molecule has 1 aromatic carbocycles. The molecule has 1 aliphatic rings. The number of amides is 1. The molecule has 0 saturated carbocycles. The predicted octanol–water partition coefficient (Wildman–Crippen LogP) is 4.29. The summed E-state index contributed by atoms with van der Waals surface area (Å²) in [5.74, 6) is 0.889. The highest BCUT2D eigenvalue weighted by Gasteiger charge is 2.25. The van der Waals surface area contributed by atoms with Crippen LogP contribution in [0.15, 0.2) is 24.3 Å². The third-order valence-corrected chi connectivity index (χ3v) is 3.92. The molecule has 5 heteroatoms. The molecule has 1 fully saturated rings. The van der Waals surface area contributed by atoms with E-state index in [0.717, 1.165) is 43.8 Å². The lowest BCUT2D eigenvalue weighted by Crippen LogP contribution is -2.37. The molecule has 24 heavy (non-hydrogen) atoms. The molecule has 0 radical (unpaired) electrons. The lowest BCUT2D eigenvalue weighted by molar-refractivity contribution is 0.0256. The second kappa shape index (κ2) is 8.27. The van der Waals surface area contributed by atoms with Crippen LogP contribution in [0.25, 0.3) is 0 Å². The van der Waals surface area contributed by atoms with Crippen LogP contribution in [0.1, 0.15) is 47.0 Å². The van der Waals surface area contributed by atoms with Crippen LogP contribution >= 0.6 is 0 Å². The molecule has 1 heterocycles. The van der Waals surface area contributed by atoms with Gasteiger partial charge in [0.05, 0.1) is 6.61 Å². The summed E-state index contributed by atoms with van der Waals surface area (Å²) in [5.41, 5.74) is 0.651. The molecule has 1 atom stereocenters. The summed E-state index contributed by atoms with van der Waals surface area (Å²) in [6.45, 7) is 9.85. The van der Waals surface area contributed by atoms with E-state index in [2.05, 4.69) is 5.32 Å². The number of nitrogens with zero attached hydrogens (tertiary/aromatic N) is 1. The summed E-state index contributed by atoms with van der Waals surface area (Å²) in [6, 6.07) is 8.42. The molecule has 0 aromatic heterocycles. The molecule has 0 bridgehead atoms. The largest absolute Gasteiger partial charge is 0.494 e. The summed E-state index contributed by atoms with van der Waals surface area (Å²) < 4.78 is 10.9. The van der Waals surface area contributed by atoms with Gasteiger partial charge >= 0.3 is 6.09 Å². The first-order valence-electron chi connectivity index (χ1n) is 8.84. The van der Waals surface area contributed by atoms with Crippen LogP contribution in [0.5, 0.6) is 5.75 Å². The highest BCUT2D eigenvalue weighted by Crippen LogP contribution is 2.21. The van der Waals surface area contributed by atoms with Crippen LogP contribution in [-0.4, -0.2) is 42.3 Å². The molecule has 0 aliphatic carbocycles. The topological polar surface area (TPSA) is 50.8 Å². The van der Waals surface area contributed by atoms with Gasteiger partial charge in [-0.05, 0) is 71.2 Å². The van der Waals surface area contributed by atoms with E-state index < -0.39 is 5.60 Å². The number of carbonyl (C=O) groups is 1. The van der Waals surface area contributed by atoms with E-state index in [4.69, 9.17) is 9.47 Å². The lowest BCUT2D eigenvalue weighted by Gasteiger charge is -2.26. The number of nitrogens with one attached hydrogen (secondary N) is 1. The number of hydrogen-bond acceptors (Lipinski definition) is 4. The van der Waals surface area contributed by atoms with Crippen molar-refractivity contribution < 1.29 is 14.3 Å². The molecule has 1 saturated heterocycles. The minimum absolute atomic E-state index is 0.204. The third kappa shape index (κ3) is 5.95. The van der Waals surface area contributed by atoms with Crippen LogP contribution in [0.3, 0.4) is 0 Å². The Hall–Kier alpha value is -1.91. The number of carbonyl (C=O) groups excluding carboxylic acids is 1. The van der Waals surface area contributed by atoms with Gasteiger partial charge in [0.25, 0.3) is 0 Å². The van der Waals surface area contributed by atoms with Gasteiger partial charge < -0.3 is 19.7 Å². The number of ether oxygens (including phenoxy) is 2. The SMILES string of the molecule is CCOc1ccc(NC2CCCN(C(=O)OC(C)(C)C)CC2)cc1. The van der Waals surface area contributed by atoms with Gasteiger partial charge in [-0.3, -0.25) is 0 Å². The molecule has 0 spiro atoms. The summed E-state index contributed by atoms with van der Waals surface area (Å²) in [4.78, 5) is 14.0. The van der Waals surface area contributed by atoms with Crippen molar-refractivity contribution in [1.29, 1.82) is 0 Å². The fourth-order valence-electron chi connectivity index (χ4n) is 2.80. The fraction of sp³-hybridized carbons (Fsp3) is 0.632. The number of rotatable bonds is 4. The van der Waals surface area contributed by atoms with Crippen molar-refractivity contribution in [1.82, 2.24) is 4.90 Å². The first kappa shape index (κ1) is 18.4. The van der Waals surface area contributed by atoms with Crippen LogP contribution in [0.4, 0.5) is 10.5 Å². The summed E-state index contributed by atoms with van der Waals surface area (Å²) >= 11 is 0. The zero-order chi connectivity index (χ0) is 17.6. The molecule has 1 unspecified atom stereocenters. The van der Waals surface area contributed by atoms with Gasteiger partial charge in [0.1, 0.15) is 11.4 Å². The predicted molar refractivity (Wildman–Crippen MR) is 96.7 cm³/mol. The molecular weight excluding hydrogens is 304 g/mol. The Morgan fingerprint density at radius 2 is 1.92 bits per heavy atom. The zero-order valence-corrected chi connectivity index (χ0v) is 15.3. The van der Waals surface area contributed by atoms with Crippen molar-refractivity contribution in [2.75, 3.05) is 25.0 Å². The van der Waals surface area contributed by atoms with Crippen LogP contribution < -0.4 is 10.1 Å². The summed E-state index contributed by atoms with van der Waals surface area (Å²) in [7, 11) is 0. The van der Waals surface area contributed by atoms with Crippen molar-refractivity contribution in [3.05, 3.63) is 24.3 Å². The Morgan fingerprint density at radius 1 is 1.21 bits per heavy atom. The first-order chi connectivity index (χ1) is 11.4. The maximum Gasteiger partial charge on any atom is 0.410 e. The van der Waals surface area contributed by atoms with Gasteiger partial charge in [0, 0.05) is 24.8 Å². The highest BCUT2D eigenvalue weighted by molar-refractivity contribution is 5.68. The van der Waals surface area contributed by atoms with E-state index in [9.17, 15) is 4.79 Å². The Bertz CT molecular complexity index is 522. The van der Waals surface area contributed by atoms with Crippen LogP contribution in [0.2, 0.25) is 0 Å². The summed E-state index contributed by atoms with van der Waals surface area (Å²) in [5, 5.41) is 3.56. The first-order valence-corrected chi connectivity index (χ1v) is 8.84. The monoisotopic (exact) mass is 334 g/mol. The van der Waals surface area contributed by atoms with Gasteiger partial charge in [0.15, 0.2) is 0 Å². The van der Waals surface area contributed by atoms with Crippen molar-refractivity contribution in [3.8, 4) is 5.75 Å². The molecule has 1 aliphatic heterocycles. The zero-order valence-electron chi connectivity index (χ0n) is 15.3. The highest BCUT2D eigenvalue weighted by atomic mass is 16.6.